The summed E-state index contributed by atoms with van der Waals surface area (Å²) in [5, 5.41) is 7.30. The lowest BCUT2D eigenvalue weighted by atomic mass is 10.1. The highest BCUT2D eigenvalue weighted by atomic mass is 35.5. The van der Waals surface area contributed by atoms with E-state index in [4.69, 9.17) is 26.5 Å². The highest BCUT2D eigenvalue weighted by molar-refractivity contribution is 6.30. The number of hydrogen-bond acceptors (Lipinski definition) is 8. The number of nitrogens with one attached hydrogen (secondary N) is 2. The van der Waals surface area contributed by atoms with Crippen LogP contribution in [0.25, 0.3) is 11.0 Å². The van der Waals surface area contributed by atoms with Gasteiger partial charge in [0.15, 0.2) is 5.69 Å². The standard InChI is InChI=1S/C22H19ClN6O4/c23-14-3-1-12(2-4-14)16-10-32-21-20(28-16)22(31)29(11-27-21)9-19(30)26-8-15-5-13-7-25-18(24)6-17(13)33-15/h1-7,11,16,28H,8-10H2,(H2,24,25)(H,26,30)/t16-/m0/s1. The molecule has 0 fully saturated rings. The zero-order valence-corrected chi connectivity index (χ0v) is 18.0. The molecule has 4 heterocycles. The Hall–Kier alpha value is -4.05. The summed E-state index contributed by atoms with van der Waals surface area (Å²) < 4.78 is 12.5. The van der Waals surface area contributed by atoms with Gasteiger partial charge in [0.25, 0.3) is 5.56 Å². The lowest BCUT2D eigenvalue weighted by Crippen LogP contribution is -2.36. The Bertz CT molecular complexity index is 1400. The molecule has 1 aliphatic rings. The lowest BCUT2D eigenvalue weighted by molar-refractivity contribution is -0.122. The second-order valence-corrected chi connectivity index (χ2v) is 7.99. The van der Waals surface area contributed by atoms with Crippen LogP contribution in [0.5, 0.6) is 5.88 Å². The first-order valence-corrected chi connectivity index (χ1v) is 10.5. The first-order chi connectivity index (χ1) is 16.0. The summed E-state index contributed by atoms with van der Waals surface area (Å²) in [7, 11) is 0. The predicted octanol–water partition coefficient (Wildman–Crippen LogP) is 2.48. The number of pyridine rings is 1. The van der Waals surface area contributed by atoms with Crippen molar-refractivity contribution in [2.45, 2.75) is 19.1 Å². The van der Waals surface area contributed by atoms with Crippen molar-refractivity contribution in [1.82, 2.24) is 19.9 Å². The molecule has 33 heavy (non-hydrogen) atoms. The molecule has 0 saturated heterocycles. The molecule has 4 N–H and O–H groups in total. The summed E-state index contributed by atoms with van der Waals surface area (Å²) in [6.07, 6.45) is 2.89. The molecule has 0 unspecified atom stereocenters. The van der Waals surface area contributed by atoms with Crippen LogP contribution in [0.3, 0.4) is 0 Å². The van der Waals surface area contributed by atoms with Crippen LogP contribution in [0.15, 0.2) is 58.1 Å². The van der Waals surface area contributed by atoms with E-state index in [1.165, 1.54) is 10.9 Å². The quantitative estimate of drug-likeness (QED) is 0.408. The van der Waals surface area contributed by atoms with Gasteiger partial charge in [-0.3, -0.25) is 14.2 Å². The Labute approximate surface area is 192 Å². The fourth-order valence-corrected chi connectivity index (χ4v) is 3.69. The molecule has 1 aliphatic heterocycles. The molecule has 0 aliphatic carbocycles. The van der Waals surface area contributed by atoms with Crippen LogP contribution < -0.4 is 26.7 Å². The number of furan rings is 1. The molecule has 1 atom stereocenters. The van der Waals surface area contributed by atoms with E-state index >= 15 is 0 Å². The number of carbonyl (C=O) groups is 1. The minimum atomic E-state index is -0.404. The molecular formula is C22H19ClN6O4. The number of rotatable bonds is 5. The number of carbonyl (C=O) groups excluding carboxylic acids is 1. The number of benzene rings is 1. The van der Waals surface area contributed by atoms with Gasteiger partial charge in [0.2, 0.25) is 11.8 Å². The highest BCUT2D eigenvalue weighted by Crippen LogP contribution is 2.29. The summed E-state index contributed by atoms with van der Waals surface area (Å²) in [4.78, 5) is 33.6. The van der Waals surface area contributed by atoms with Crippen molar-refractivity contribution >= 4 is 40.0 Å². The van der Waals surface area contributed by atoms with Gasteiger partial charge in [0.1, 0.15) is 36.6 Å². The van der Waals surface area contributed by atoms with Crippen LogP contribution in [0.2, 0.25) is 5.02 Å². The second-order valence-electron chi connectivity index (χ2n) is 7.55. The SMILES string of the molecule is Nc1cc2oc(CNC(=O)Cn3cnc4c(c3=O)N[C@H](c3ccc(Cl)cc3)CO4)cc2cn1. The van der Waals surface area contributed by atoms with Crippen LogP contribution in [-0.2, 0) is 17.9 Å². The third kappa shape index (κ3) is 4.33. The molecule has 1 amide bonds. The van der Waals surface area contributed by atoms with Gasteiger partial charge in [-0.15, -0.1) is 0 Å². The van der Waals surface area contributed by atoms with Crippen LogP contribution in [-0.4, -0.2) is 27.0 Å². The van der Waals surface area contributed by atoms with Crippen molar-refractivity contribution in [3.05, 3.63) is 75.6 Å². The monoisotopic (exact) mass is 466 g/mol. The molecule has 0 radical (unpaired) electrons. The van der Waals surface area contributed by atoms with Crippen LogP contribution in [0.1, 0.15) is 17.4 Å². The fourth-order valence-electron chi connectivity index (χ4n) is 3.56. The molecule has 0 saturated carbocycles. The molecule has 0 spiro atoms. The van der Waals surface area contributed by atoms with E-state index < -0.39 is 5.56 Å². The number of halogens is 1. The Morgan fingerprint density at radius 2 is 2.09 bits per heavy atom. The molecular weight excluding hydrogens is 448 g/mol. The van der Waals surface area contributed by atoms with Gasteiger partial charge in [-0.25, -0.2) is 9.97 Å². The fraction of sp³-hybridized carbons (Fsp3) is 0.182. The normalized spacial score (nSPS) is 14.9. The van der Waals surface area contributed by atoms with Crippen molar-refractivity contribution in [2.24, 2.45) is 0 Å². The average Bonchev–Trinajstić information content (AvgIpc) is 3.22. The van der Waals surface area contributed by atoms with Gasteiger partial charge in [-0.1, -0.05) is 23.7 Å². The van der Waals surface area contributed by atoms with Crippen molar-refractivity contribution in [1.29, 1.82) is 0 Å². The Kier molecular flexibility index (Phi) is 5.35. The molecule has 168 valence electrons. The first-order valence-electron chi connectivity index (χ1n) is 10.1. The van der Waals surface area contributed by atoms with E-state index in [1.807, 2.05) is 12.1 Å². The zero-order valence-electron chi connectivity index (χ0n) is 17.2. The third-order valence-electron chi connectivity index (χ3n) is 5.23. The summed E-state index contributed by atoms with van der Waals surface area (Å²) in [6.45, 7) is 0.256. The number of ether oxygens (including phenoxy) is 1. The zero-order chi connectivity index (χ0) is 22.9. The number of hydrogen-bond donors (Lipinski definition) is 3. The van der Waals surface area contributed by atoms with Gasteiger partial charge in [-0.2, -0.15) is 0 Å². The van der Waals surface area contributed by atoms with Crippen molar-refractivity contribution in [3.63, 3.8) is 0 Å². The number of amides is 1. The topological polar surface area (TPSA) is 137 Å². The Balaban J connectivity index is 1.27. The molecule has 10 nitrogen and oxygen atoms in total. The number of nitrogen functional groups attached to an aromatic ring is 1. The van der Waals surface area contributed by atoms with Gasteiger partial charge in [0.05, 0.1) is 12.6 Å². The van der Waals surface area contributed by atoms with E-state index in [1.54, 1.807) is 30.5 Å². The number of aromatic nitrogens is 3. The minimum absolute atomic E-state index is 0.153. The minimum Gasteiger partial charge on any atom is -0.473 e. The highest BCUT2D eigenvalue weighted by Gasteiger charge is 2.25. The van der Waals surface area contributed by atoms with E-state index in [-0.39, 0.29) is 36.6 Å². The van der Waals surface area contributed by atoms with Crippen molar-refractivity contribution < 1.29 is 13.9 Å². The average molecular weight is 467 g/mol. The smallest absolute Gasteiger partial charge is 0.281 e. The molecule has 0 bridgehead atoms. The summed E-state index contributed by atoms with van der Waals surface area (Å²) in [5.41, 5.74) is 6.96. The van der Waals surface area contributed by atoms with E-state index in [0.717, 1.165) is 10.9 Å². The molecule has 11 heteroatoms. The summed E-state index contributed by atoms with van der Waals surface area (Å²) >= 11 is 5.95. The molecule has 4 aromatic rings. The van der Waals surface area contributed by atoms with Crippen LogP contribution in [0.4, 0.5) is 11.5 Å². The van der Waals surface area contributed by atoms with E-state index in [2.05, 4.69) is 20.6 Å². The maximum atomic E-state index is 12.9. The number of fused-ring (bicyclic) bond motifs is 2. The molecule has 5 rings (SSSR count). The Morgan fingerprint density at radius 3 is 2.91 bits per heavy atom. The van der Waals surface area contributed by atoms with E-state index in [0.29, 0.717) is 28.8 Å². The van der Waals surface area contributed by atoms with Crippen molar-refractivity contribution in [3.8, 4) is 5.88 Å². The number of nitrogens with zero attached hydrogens (tertiary/aromatic N) is 3. The van der Waals surface area contributed by atoms with Crippen LogP contribution >= 0.6 is 11.6 Å². The molecule has 1 aromatic carbocycles. The summed E-state index contributed by atoms with van der Waals surface area (Å²) in [5.74, 6) is 0.727. The van der Waals surface area contributed by atoms with E-state index in [9.17, 15) is 9.59 Å². The maximum absolute atomic E-state index is 12.9. The number of nitrogens with two attached hydrogens (primary N) is 1. The third-order valence-corrected chi connectivity index (χ3v) is 5.48. The maximum Gasteiger partial charge on any atom is 0.281 e. The predicted molar refractivity (Wildman–Crippen MR) is 122 cm³/mol. The first kappa shape index (κ1) is 20.8. The van der Waals surface area contributed by atoms with Gasteiger partial charge in [0, 0.05) is 22.7 Å². The second kappa shape index (κ2) is 8.47. The van der Waals surface area contributed by atoms with Gasteiger partial charge >= 0.3 is 0 Å². The van der Waals surface area contributed by atoms with Crippen molar-refractivity contribution in [2.75, 3.05) is 17.7 Å². The van der Waals surface area contributed by atoms with Crippen LogP contribution in [0, 0.1) is 0 Å². The van der Waals surface area contributed by atoms with Gasteiger partial charge in [-0.05, 0) is 23.8 Å². The summed E-state index contributed by atoms with van der Waals surface area (Å²) in [6, 6.07) is 10.4. The largest absolute Gasteiger partial charge is 0.473 e. The molecule has 3 aromatic heterocycles. The number of anilines is 2. The Morgan fingerprint density at radius 1 is 1.27 bits per heavy atom. The van der Waals surface area contributed by atoms with Gasteiger partial charge < -0.3 is 25.5 Å². The lowest BCUT2D eigenvalue weighted by Gasteiger charge is -2.26.